The van der Waals surface area contributed by atoms with E-state index in [4.69, 9.17) is 19.8 Å². The number of carboxylic acid groups (broad SMARTS) is 2. The molecule has 0 bridgehead atoms. The van der Waals surface area contributed by atoms with Gasteiger partial charge in [-0.25, -0.2) is 9.59 Å². The second kappa shape index (κ2) is 13.4. The highest BCUT2D eigenvalue weighted by molar-refractivity contribution is 5.80. The largest absolute Gasteiger partial charge is 0.490 e. The predicted molar refractivity (Wildman–Crippen MR) is 123 cm³/mol. The summed E-state index contributed by atoms with van der Waals surface area (Å²) in [5.74, 6) is -4.59. The molecule has 4 heterocycles. The fourth-order valence-corrected chi connectivity index (χ4v) is 4.11. The average Bonchev–Trinajstić information content (AvgIpc) is 3.24. The van der Waals surface area contributed by atoms with Crippen LogP contribution in [0.25, 0.3) is 0 Å². The number of carbonyl (C=O) groups excluding carboxylic acids is 1. The third-order valence-corrected chi connectivity index (χ3v) is 5.83. The summed E-state index contributed by atoms with van der Waals surface area (Å²) in [5.41, 5.74) is 3.25. The first kappa shape index (κ1) is 31.5. The van der Waals surface area contributed by atoms with Crippen molar-refractivity contribution in [2.24, 2.45) is 11.8 Å². The highest BCUT2D eigenvalue weighted by atomic mass is 19.4. The van der Waals surface area contributed by atoms with Gasteiger partial charge < -0.3 is 15.1 Å². The summed E-state index contributed by atoms with van der Waals surface area (Å²) in [6.07, 6.45) is -5.45. The van der Waals surface area contributed by atoms with E-state index in [9.17, 15) is 31.1 Å². The molecular formula is C24H26F6N4O5. The van der Waals surface area contributed by atoms with Crippen LogP contribution in [0.2, 0.25) is 0 Å². The van der Waals surface area contributed by atoms with E-state index in [2.05, 4.69) is 27.0 Å². The molecule has 2 fully saturated rings. The van der Waals surface area contributed by atoms with E-state index in [-0.39, 0.29) is 5.92 Å². The lowest BCUT2D eigenvalue weighted by Crippen LogP contribution is -2.44. The molecular weight excluding hydrogens is 538 g/mol. The van der Waals surface area contributed by atoms with Crippen LogP contribution in [-0.2, 0) is 27.5 Å². The average molecular weight is 564 g/mol. The molecule has 0 aromatic carbocycles. The van der Waals surface area contributed by atoms with Crippen LogP contribution >= 0.6 is 0 Å². The van der Waals surface area contributed by atoms with Gasteiger partial charge in [0.25, 0.3) is 0 Å². The van der Waals surface area contributed by atoms with E-state index < -0.39 is 24.3 Å². The van der Waals surface area contributed by atoms with Crippen molar-refractivity contribution >= 4 is 17.8 Å². The van der Waals surface area contributed by atoms with E-state index >= 15 is 0 Å². The third kappa shape index (κ3) is 10.1. The predicted octanol–water partition coefficient (Wildman–Crippen LogP) is 3.53. The number of rotatable bonds is 4. The van der Waals surface area contributed by atoms with Crippen LogP contribution < -0.4 is 0 Å². The number of piperidine rings is 1. The summed E-state index contributed by atoms with van der Waals surface area (Å²) in [4.78, 5) is 43.9. The summed E-state index contributed by atoms with van der Waals surface area (Å²) < 4.78 is 63.5. The Morgan fingerprint density at radius 3 is 2.10 bits per heavy atom. The lowest BCUT2D eigenvalue weighted by atomic mass is 9.88. The molecule has 15 heteroatoms. The van der Waals surface area contributed by atoms with Crippen LogP contribution in [-0.4, -0.2) is 79.8 Å². The van der Waals surface area contributed by atoms with Crippen molar-refractivity contribution < 1.29 is 50.9 Å². The number of amides is 1. The zero-order valence-corrected chi connectivity index (χ0v) is 20.6. The van der Waals surface area contributed by atoms with Crippen molar-refractivity contribution in [3.63, 3.8) is 0 Å². The highest BCUT2D eigenvalue weighted by Gasteiger charge is 2.42. The number of aliphatic carboxylic acids is 2. The van der Waals surface area contributed by atoms with Crippen molar-refractivity contribution in [3.8, 4) is 0 Å². The molecule has 9 nitrogen and oxygen atoms in total. The molecule has 2 aromatic rings. The number of pyridine rings is 2. The van der Waals surface area contributed by atoms with Gasteiger partial charge in [-0.2, -0.15) is 26.3 Å². The van der Waals surface area contributed by atoms with Gasteiger partial charge >= 0.3 is 24.3 Å². The van der Waals surface area contributed by atoms with E-state index in [0.29, 0.717) is 18.4 Å². The molecule has 4 rings (SSSR count). The maximum absolute atomic E-state index is 12.9. The zero-order chi connectivity index (χ0) is 29.4. The standard InChI is InChI=1S/C20H24N4O.2C2HF3O2/c1-15-4-2-6-18(22-15)13-23-12-17-7-9-24(20(25)19(17)14-23)11-16-5-3-8-21-10-16;2*3-2(4,5)1(6)7/h2-6,8,10,17,19H,7,9,11-14H2,1H3;2*(H,6,7)/t17-,19-;;/m0../s1. The number of aromatic nitrogens is 2. The number of hydrogen-bond donors (Lipinski definition) is 2. The SMILES string of the molecule is Cc1cccc(CN2C[C@@H]3CCN(Cc4cccnc4)C(=O)[C@H]3C2)n1.O=C(O)C(F)(F)F.O=C(O)C(F)(F)F. The second-order valence-corrected chi connectivity index (χ2v) is 8.85. The van der Waals surface area contributed by atoms with Gasteiger partial charge in [-0.1, -0.05) is 12.1 Å². The Kier molecular flexibility index (Phi) is 10.8. The van der Waals surface area contributed by atoms with Crippen LogP contribution in [0.5, 0.6) is 0 Å². The van der Waals surface area contributed by atoms with E-state index in [1.54, 1.807) is 6.20 Å². The molecule has 2 aromatic heterocycles. The first-order valence-electron chi connectivity index (χ1n) is 11.5. The maximum Gasteiger partial charge on any atom is 0.490 e. The topological polar surface area (TPSA) is 124 Å². The Morgan fingerprint density at radius 1 is 0.974 bits per heavy atom. The Hall–Kier alpha value is -3.75. The smallest absolute Gasteiger partial charge is 0.475 e. The molecule has 0 unspecified atom stereocenters. The van der Waals surface area contributed by atoms with Crippen LogP contribution in [0.3, 0.4) is 0 Å². The van der Waals surface area contributed by atoms with Crippen LogP contribution in [0.4, 0.5) is 26.3 Å². The van der Waals surface area contributed by atoms with Gasteiger partial charge in [-0.3, -0.25) is 19.7 Å². The number of halogens is 6. The number of alkyl halides is 6. The van der Waals surface area contributed by atoms with Crippen molar-refractivity contribution in [2.45, 2.75) is 38.8 Å². The summed E-state index contributed by atoms with van der Waals surface area (Å²) in [5, 5.41) is 14.2. The van der Waals surface area contributed by atoms with Gasteiger partial charge in [0.1, 0.15) is 0 Å². The third-order valence-electron chi connectivity index (χ3n) is 5.83. The van der Waals surface area contributed by atoms with Crippen LogP contribution in [0.1, 0.15) is 23.4 Å². The Labute approximate surface area is 219 Å². The molecule has 0 spiro atoms. The number of nitrogens with zero attached hydrogens (tertiary/aromatic N) is 4. The molecule has 0 aliphatic carbocycles. The van der Waals surface area contributed by atoms with Crippen molar-refractivity contribution in [1.29, 1.82) is 0 Å². The minimum atomic E-state index is -5.08. The molecule has 39 heavy (non-hydrogen) atoms. The number of aryl methyl sites for hydroxylation is 1. The Morgan fingerprint density at radius 2 is 1.59 bits per heavy atom. The van der Waals surface area contributed by atoms with Crippen molar-refractivity contribution in [3.05, 3.63) is 59.7 Å². The van der Waals surface area contributed by atoms with E-state index in [1.165, 1.54) is 0 Å². The summed E-state index contributed by atoms with van der Waals surface area (Å²) in [6, 6.07) is 10.1. The molecule has 2 saturated heterocycles. The Bertz CT molecular complexity index is 1110. The normalized spacial score (nSPS) is 19.3. The minimum Gasteiger partial charge on any atom is -0.475 e. The lowest BCUT2D eigenvalue weighted by molar-refractivity contribution is -0.193. The van der Waals surface area contributed by atoms with Crippen molar-refractivity contribution in [1.82, 2.24) is 19.8 Å². The summed E-state index contributed by atoms with van der Waals surface area (Å²) >= 11 is 0. The van der Waals surface area contributed by atoms with Gasteiger partial charge in [0.05, 0.1) is 11.6 Å². The van der Waals surface area contributed by atoms with Gasteiger partial charge in [0.2, 0.25) is 5.91 Å². The molecule has 214 valence electrons. The summed E-state index contributed by atoms with van der Waals surface area (Å²) in [7, 11) is 0. The molecule has 2 aliphatic heterocycles. The van der Waals surface area contributed by atoms with E-state index in [1.807, 2.05) is 36.2 Å². The number of likely N-dealkylation sites (tertiary alicyclic amines) is 2. The van der Waals surface area contributed by atoms with Crippen LogP contribution in [0.15, 0.2) is 42.7 Å². The fraction of sp³-hybridized carbons (Fsp3) is 0.458. The lowest BCUT2D eigenvalue weighted by Gasteiger charge is -2.33. The number of carbonyl (C=O) groups is 3. The number of carboxylic acids is 2. The maximum atomic E-state index is 12.9. The number of fused-ring (bicyclic) bond motifs is 1. The number of hydrogen-bond acceptors (Lipinski definition) is 6. The molecule has 0 saturated carbocycles. The zero-order valence-electron chi connectivity index (χ0n) is 20.6. The molecule has 2 N–H and O–H groups in total. The first-order chi connectivity index (χ1) is 18.1. The highest BCUT2D eigenvalue weighted by Crippen LogP contribution is 2.33. The molecule has 2 atom stereocenters. The van der Waals surface area contributed by atoms with Gasteiger partial charge in [-0.05, 0) is 43.0 Å². The molecule has 2 aliphatic rings. The van der Waals surface area contributed by atoms with Gasteiger partial charge in [-0.15, -0.1) is 0 Å². The quantitative estimate of drug-likeness (QED) is 0.541. The van der Waals surface area contributed by atoms with Crippen LogP contribution in [0, 0.1) is 18.8 Å². The van der Waals surface area contributed by atoms with Gasteiger partial charge in [0.15, 0.2) is 0 Å². The Balaban J connectivity index is 0.000000317. The molecule has 1 amide bonds. The first-order valence-corrected chi connectivity index (χ1v) is 11.5. The monoisotopic (exact) mass is 564 g/mol. The molecule has 0 radical (unpaired) electrons. The minimum absolute atomic E-state index is 0.134. The van der Waals surface area contributed by atoms with Crippen molar-refractivity contribution in [2.75, 3.05) is 19.6 Å². The fourth-order valence-electron chi connectivity index (χ4n) is 4.11. The van der Waals surface area contributed by atoms with E-state index in [0.717, 1.165) is 49.6 Å². The summed E-state index contributed by atoms with van der Waals surface area (Å²) in [6.45, 7) is 6.24. The second-order valence-electron chi connectivity index (χ2n) is 8.85. The van der Waals surface area contributed by atoms with Gasteiger partial charge in [0, 0.05) is 50.8 Å².